The van der Waals surface area contributed by atoms with Gasteiger partial charge in [-0.05, 0) is 35.4 Å². The zero-order valence-electron chi connectivity index (χ0n) is 18.0. The minimum atomic E-state index is -1.29. The van der Waals surface area contributed by atoms with Crippen LogP contribution >= 0.6 is 0 Å². The van der Waals surface area contributed by atoms with Crippen molar-refractivity contribution < 1.29 is 43.4 Å². The van der Waals surface area contributed by atoms with Gasteiger partial charge >= 0.3 is 0 Å². The van der Waals surface area contributed by atoms with Crippen LogP contribution in [-0.4, -0.2) is 65.1 Å². The van der Waals surface area contributed by atoms with Gasteiger partial charge in [0.25, 0.3) is 0 Å². The molecule has 0 fully saturated rings. The van der Waals surface area contributed by atoms with Gasteiger partial charge in [-0.3, -0.25) is 0 Å². The normalized spacial score (nSPS) is 19.2. The molecular weight excluding hydrogens is 408 g/mol. The first-order valence-electron chi connectivity index (χ1n) is 9.75. The quantitative estimate of drug-likeness (QED) is 0.747. The molecule has 2 aromatic carbocycles. The number of aliphatic hydroxyl groups is 2. The van der Waals surface area contributed by atoms with Gasteiger partial charge in [0.1, 0.15) is 25.4 Å². The van der Waals surface area contributed by atoms with Gasteiger partial charge in [-0.15, -0.1) is 0 Å². The molecule has 2 unspecified atom stereocenters. The monoisotopic (exact) mass is 436 g/mol. The van der Waals surface area contributed by atoms with Crippen LogP contribution in [0.1, 0.15) is 23.3 Å². The van der Waals surface area contributed by atoms with Crippen LogP contribution < -0.4 is 28.4 Å². The molecule has 9 heteroatoms. The van der Waals surface area contributed by atoms with E-state index in [2.05, 4.69) is 0 Å². The molecule has 4 bridgehead atoms. The minimum absolute atomic E-state index is 0.248. The summed E-state index contributed by atoms with van der Waals surface area (Å²) < 4.78 is 38.8. The number of hydrogen-bond donors (Lipinski definition) is 2. The van der Waals surface area contributed by atoms with Crippen LogP contribution in [0.5, 0.6) is 34.5 Å². The maximum absolute atomic E-state index is 10.9. The first-order valence-corrected chi connectivity index (χ1v) is 9.75. The maximum atomic E-state index is 10.9. The topological polar surface area (TPSA) is 105 Å². The van der Waals surface area contributed by atoms with E-state index in [4.69, 9.17) is 33.2 Å². The Morgan fingerprint density at radius 2 is 0.935 bits per heavy atom. The average molecular weight is 436 g/mol. The van der Waals surface area contributed by atoms with E-state index in [0.717, 1.165) is 0 Å². The smallest absolute Gasteiger partial charge is 0.203 e. The Hall–Kier alpha value is -2.88. The van der Waals surface area contributed by atoms with Gasteiger partial charge in [0.2, 0.25) is 11.5 Å². The molecule has 2 atom stereocenters. The summed E-state index contributed by atoms with van der Waals surface area (Å²) in [6.07, 6.45) is -2.59. The highest BCUT2D eigenvalue weighted by Gasteiger charge is 2.27. The van der Waals surface area contributed by atoms with Crippen LogP contribution in [0.25, 0.3) is 0 Å². The number of hydrogen-bond acceptors (Lipinski definition) is 9. The molecule has 170 valence electrons. The molecule has 0 spiro atoms. The van der Waals surface area contributed by atoms with Gasteiger partial charge < -0.3 is 43.4 Å². The van der Waals surface area contributed by atoms with Gasteiger partial charge in [-0.2, -0.15) is 0 Å². The summed E-state index contributed by atoms with van der Waals surface area (Å²) >= 11 is 0. The van der Waals surface area contributed by atoms with Gasteiger partial charge in [-0.25, -0.2) is 0 Å². The molecule has 4 heterocycles. The SMILES string of the molecule is COc1cc2cc(OC)c1OCCOCCOc1c(OC)cc(cc1OC)C(O)C2O. The van der Waals surface area contributed by atoms with Crippen molar-refractivity contribution in [3.8, 4) is 34.5 Å². The van der Waals surface area contributed by atoms with E-state index in [-0.39, 0.29) is 13.2 Å². The molecule has 0 radical (unpaired) electrons. The van der Waals surface area contributed by atoms with Gasteiger partial charge in [0.15, 0.2) is 23.0 Å². The van der Waals surface area contributed by atoms with Crippen molar-refractivity contribution in [1.29, 1.82) is 0 Å². The third-order valence-electron chi connectivity index (χ3n) is 4.90. The zero-order chi connectivity index (χ0) is 22.4. The van der Waals surface area contributed by atoms with Crippen LogP contribution in [0, 0.1) is 0 Å². The van der Waals surface area contributed by atoms with Crippen molar-refractivity contribution in [3.05, 3.63) is 35.4 Å². The molecule has 0 aromatic heterocycles. The molecule has 0 aliphatic carbocycles. The van der Waals surface area contributed by atoms with Crippen molar-refractivity contribution in [1.82, 2.24) is 0 Å². The number of rotatable bonds is 4. The predicted octanol–water partition coefficient (Wildman–Crippen LogP) is 2.28. The van der Waals surface area contributed by atoms with E-state index in [0.29, 0.717) is 58.8 Å². The standard InChI is InChI=1S/C22H28O9/c1-25-15-9-13-10-16(26-2)21(15)30-7-5-29-6-8-31-22-17(27-3)11-14(12-18(22)28-4)20(24)19(13)23/h9-12,19-20,23-24H,5-8H2,1-4H3. The third-order valence-corrected chi connectivity index (χ3v) is 4.90. The van der Waals surface area contributed by atoms with Crippen molar-refractivity contribution in [2.24, 2.45) is 0 Å². The first kappa shape index (κ1) is 22.8. The summed E-state index contributed by atoms with van der Waals surface area (Å²) in [6, 6.07) is 6.38. The van der Waals surface area contributed by atoms with E-state index in [1.807, 2.05) is 0 Å². The second-order valence-corrected chi connectivity index (χ2v) is 6.71. The fourth-order valence-electron chi connectivity index (χ4n) is 3.30. The lowest BCUT2D eigenvalue weighted by Gasteiger charge is -2.23. The zero-order valence-corrected chi connectivity index (χ0v) is 18.0. The Morgan fingerprint density at radius 3 is 1.23 bits per heavy atom. The van der Waals surface area contributed by atoms with Crippen LogP contribution in [0.4, 0.5) is 0 Å². The highest BCUT2D eigenvalue weighted by molar-refractivity contribution is 5.56. The molecule has 2 aromatic rings. The molecule has 0 saturated carbocycles. The Balaban J connectivity index is 2.10. The number of aliphatic hydroxyl groups excluding tert-OH is 2. The summed E-state index contributed by atoms with van der Waals surface area (Å²) in [5.41, 5.74) is 0.764. The Morgan fingerprint density at radius 1 is 0.613 bits per heavy atom. The average Bonchev–Trinajstić information content (AvgIpc) is 2.81. The van der Waals surface area contributed by atoms with Gasteiger partial charge in [-0.1, -0.05) is 0 Å². The van der Waals surface area contributed by atoms with E-state index in [9.17, 15) is 10.2 Å². The summed E-state index contributed by atoms with van der Waals surface area (Å²) in [4.78, 5) is 0. The molecule has 0 amide bonds. The second-order valence-electron chi connectivity index (χ2n) is 6.71. The Kier molecular flexibility index (Phi) is 7.67. The fraction of sp³-hybridized carbons (Fsp3) is 0.455. The van der Waals surface area contributed by atoms with Crippen molar-refractivity contribution >= 4 is 0 Å². The minimum Gasteiger partial charge on any atom is -0.493 e. The Labute approximate surface area is 181 Å². The lowest BCUT2D eigenvalue weighted by atomic mass is 9.97. The highest BCUT2D eigenvalue weighted by Crippen LogP contribution is 2.45. The fourth-order valence-corrected chi connectivity index (χ4v) is 3.30. The number of methoxy groups -OCH3 is 4. The van der Waals surface area contributed by atoms with Gasteiger partial charge in [0.05, 0.1) is 41.7 Å². The molecule has 0 saturated heterocycles. The predicted molar refractivity (Wildman–Crippen MR) is 111 cm³/mol. The molecule has 4 aliphatic rings. The van der Waals surface area contributed by atoms with Crippen molar-refractivity contribution in [2.45, 2.75) is 12.2 Å². The third kappa shape index (κ3) is 4.90. The summed E-state index contributed by atoms with van der Waals surface area (Å²) in [7, 11) is 5.94. The lowest BCUT2D eigenvalue weighted by Crippen LogP contribution is -2.13. The number of ether oxygens (including phenoxy) is 7. The summed E-state index contributed by atoms with van der Waals surface area (Å²) in [6.45, 7) is 1.12. The van der Waals surface area contributed by atoms with E-state index >= 15 is 0 Å². The molecular formula is C22H28O9. The molecule has 2 N–H and O–H groups in total. The van der Waals surface area contributed by atoms with E-state index < -0.39 is 12.2 Å². The molecule has 6 rings (SSSR count). The summed E-state index contributed by atoms with van der Waals surface area (Å²) in [5, 5.41) is 21.8. The van der Waals surface area contributed by atoms with Crippen LogP contribution in [-0.2, 0) is 4.74 Å². The van der Waals surface area contributed by atoms with Crippen LogP contribution in [0.2, 0.25) is 0 Å². The van der Waals surface area contributed by atoms with Crippen molar-refractivity contribution in [2.75, 3.05) is 54.9 Å². The number of benzene rings is 2. The van der Waals surface area contributed by atoms with Gasteiger partial charge in [0, 0.05) is 0 Å². The molecule has 4 aliphatic heterocycles. The van der Waals surface area contributed by atoms with E-state index in [1.54, 1.807) is 24.3 Å². The summed E-state index contributed by atoms with van der Waals surface area (Å²) in [5.74, 6) is 2.20. The Bertz CT molecular complexity index is 762. The highest BCUT2D eigenvalue weighted by atomic mass is 16.6. The van der Waals surface area contributed by atoms with Crippen LogP contribution in [0.15, 0.2) is 24.3 Å². The lowest BCUT2D eigenvalue weighted by molar-refractivity contribution is 0.0167. The second kappa shape index (κ2) is 10.4. The first-order chi connectivity index (χ1) is 15.0. The molecule has 9 nitrogen and oxygen atoms in total. The largest absolute Gasteiger partial charge is 0.493 e. The van der Waals surface area contributed by atoms with Crippen molar-refractivity contribution in [3.63, 3.8) is 0 Å². The van der Waals surface area contributed by atoms with E-state index in [1.165, 1.54) is 28.4 Å². The molecule has 31 heavy (non-hydrogen) atoms. The van der Waals surface area contributed by atoms with Crippen LogP contribution in [0.3, 0.4) is 0 Å². The maximum Gasteiger partial charge on any atom is 0.203 e.